The third-order valence-corrected chi connectivity index (χ3v) is 5.83. The first-order valence-electron chi connectivity index (χ1n) is 10.5. The fraction of sp³-hybridized carbons (Fsp3) is 0.375. The molecule has 29 heavy (non-hydrogen) atoms. The second-order valence-electron chi connectivity index (χ2n) is 7.78. The molecule has 1 aliphatic rings. The van der Waals surface area contributed by atoms with Crippen LogP contribution in [0.2, 0.25) is 0 Å². The maximum absolute atomic E-state index is 10.9. The molecule has 1 aliphatic heterocycles. The number of hydrogen-bond acceptors (Lipinski definition) is 4. The number of aryl methyl sites for hydroxylation is 2. The molecule has 5 heteroatoms. The van der Waals surface area contributed by atoms with E-state index in [0.29, 0.717) is 5.82 Å². The minimum absolute atomic E-state index is 0.678. The van der Waals surface area contributed by atoms with Crippen LogP contribution in [0.4, 0.5) is 5.69 Å². The third kappa shape index (κ3) is 4.69. The molecule has 1 saturated heterocycles. The first-order chi connectivity index (χ1) is 14.2. The summed E-state index contributed by atoms with van der Waals surface area (Å²) >= 11 is 0. The van der Waals surface area contributed by atoms with Gasteiger partial charge in [-0.25, -0.2) is 4.98 Å². The van der Waals surface area contributed by atoms with Gasteiger partial charge in [-0.2, -0.15) is 0 Å². The maximum atomic E-state index is 10.9. The minimum atomic E-state index is -0.713. The van der Waals surface area contributed by atoms with Gasteiger partial charge in [0.25, 0.3) is 0 Å². The monoisotopic (exact) mass is 390 g/mol. The van der Waals surface area contributed by atoms with Gasteiger partial charge < -0.3 is 14.6 Å². The van der Waals surface area contributed by atoms with Gasteiger partial charge >= 0.3 is 0 Å². The maximum Gasteiger partial charge on any atom is 0.142 e. The molecule has 152 valence electrons. The minimum Gasteiger partial charge on any atom is -0.380 e. The second kappa shape index (κ2) is 9.25. The Bertz CT molecular complexity index is 900. The number of hydrogen-bond donors (Lipinski definition) is 1. The van der Waals surface area contributed by atoms with Crippen molar-refractivity contribution in [3.63, 3.8) is 0 Å². The van der Waals surface area contributed by atoms with Crippen LogP contribution in [-0.2, 0) is 13.5 Å². The highest BCUT2D eigenvalue weighted by molar-refractivity contribution is 5.56. The Hall–Kier alpha value is -2.63. The fourth-order valence-corrected chi connectivity index (χ4v) is 4.15. The van der Waals surface area contributed by atoms with Crippen molar-refractivity contribution >= 4 is 5.69 Å². The molecule has 0 spiro atoms. The Labute approximate surface area is 173 Å². The lowest BCUT2D eigenvalue weighted by Gasteiger charge is -2.37. The summed E-state index contributed by atoms with van der Waals surface area (Å²) in [6.45, 7) is 5.22. The number of aliphatic hydroxyl groups excluding tert-OH is 1. The molecule has 4 rings (SSSR count). The number of benzene rings is 2. The number of aliphatic hydroxyl groups is 1. The van der Waals surface area contributed by atoms with Gasteiger partial charge in [-0.05, 0) is 31.0 Å². The van der Waals surface area contributed by atoms with E-state index in [1.807, 2.05) is 29.9 Å². The highest BCUT2D eigenvalue weighted by Gasteiger charge is 2.23. The highest BCUT2D eigenvalue weighted by Crippen LogP contribution is 2.30. The molecule has 1 N–H and O–H groups in total. The zero-order valence-corrected chi connectivity index (χ0v) is 17.1. The third-order valence-electron chi connectivity index (χ3n) is 5.83. The quantitative estimate of drug-likeness (QED) is 0.673. The summed E-state index contributed by atoms with van der Waals surface area (Å²) in [5.41, 5.74) is 3.47. The van der Waals surface area contributed by atoms with Crippen molar-refractivity contribution in [2.45, 2.75) is 18.9 Å². The SMILES string of the molecule is Cn1ccnc1C(O)c1ccccc1N1CCN(CCCc2ccccc2)CC1. The van der Waals surface area contributed by atoms with E-state index >= 15 is 0 Å². The van der Waals surface area contributed by atoms with Gasteiger partial charge in [-0.3, -0.25) is 4.90 Å². The molecule has 2 heterocycles. The molecule has 2 aromatic carbocycles. The van der Waals surface area contributed by atoms with Crippen LogP contribution in [0.5, 0.6) is 0 Å². The van der Waals surface area contributed by atoms with E-state index in [1.165, 1.54) is 12.0 Å². The predicted molar refractivity (Wildman–Crippen MR) is 117 cm³/mol. The number of rotatable bonds is 7. The summed E-state index contributed by atoms with van der Waals surface area (Å²) in [5, 5.41) is 10.9. The van der Waals surface area contributed by atoms with Gasteiger partial charge in [-0.15, -0.1) is 0 Å². The standard InChI is InChI=1S/C24H30N4O/c1-26-15-13-25-24(26)23(29)21-11-5-6-12-22(21)28-18-16-27(17-19-28)14-7-10-20-8-3-2-4-9-20/h2-6,8-9,11-13,15,23,29H,7,10,14,16-19H2,1H3. The van der Waals surface area contributed by atoms with E-state index in [1.54, 1.807) is 6.20 Å². The van der Waals surface area contributed by atoms with Crippen molar-refractivity contribution in [2.24, 2.45) is 7.05 Å². The van der Waals surface area contributed by atoms with E-state index in [2.05, 4.69) is 57.2 Å². The summed E-state index contributed by atoms with van der Waals surface area (Å²) in [7, 11) is 1.92. The molecule has 1 fully saturated rings. The molecule has 0 amide bonds. The predicted octanol–water partition coefficient (Wildman–Crippen LogP) is 3.26. The smallest absolute Gasteiger partial charge is 0.142 e. The first kappa shape index (κ1) is 19.7. The van der Waals surface area contributed by atoms with Crippen LogP contribution >= 0.6 is 0 Å². The zero-order valence-electron chi connectivity index (χ0n) is 17.1. The normalized spacial score (nSPS) is 16.1. The van der Waals surface area contributed by atoms with Gasteiger partial charge in [0.05, 0.1) is 0 Å². The highest BCUT2D eigenvalue weighted by atomic mass is 16.3. The molecule has 0 radical (unpaired) electrons. The molecule has 0 saturated carbocycles. The lowest BCUT2D eigenvalue weighted by Crippen LogP contribution is -2.47. The summed E-state index contributed by atoms with van der Waals surface area (Å²) in [5.74, 6) is 0.678. The van der Waals surface area contributed by atoms with Crippen molar-refractivity contribution in [1.82, 2.24) is 14.5 Å². The Morgan fingerprint density at radius 2 is 1.69 bits per heavy atom. The largest absolute Gasteiger partial charge is 0.380 e. The van der Waals surface area contributed by atoms with Crippen molar-refractivity contribution in [3.8, 4) is 0 Å². The van der Waals surface area contributed by atoms with Crippen LogP contribution < -0.4 is 4.90 Å². The van der Waals surface area contributed by atoms with Gasteiger partial charge in [0, 0.05) is 56.9 Å². The second-order valence-corrected chi connectivity index (χ2v) is 7.78. The van der Waals surface area contributed by atoms with Crippen LogP contribution in [0.15, 0.2) is 67.0 Å². The van der Waals surface area contributed by atoms with Crippen molar-refractivity contribution in [3.05, 3.63) is 83.9 Å². The molecule has 3 aromatic rings. The Morgan fingerprint density at radius 3 is 2.41 bits per heavy atom. The first-order valence-corrected chi connectivity index (χ1v) is 10.5. The number of anilines is 1. The van der Waals surface area contributed by atoms with Crippen LogP contribution in [-0.4, -0.2) is 52.3 Å². The molecule has 1 atom stereocenters. The summed E-state index contributed by atoms with van der Waals surface area (Å²) in [6.07, 6.45) is 5.22. The lowest BCUT2D eigenvalue weighted by atomic mass is 10.0. The summed E-state index contributed by atoms with van der Waals surface area (Å²) < 4.78 is 1.88. The Kier molecular flexibility index (Phi) is 6.27. The molecular weight excluding hydrogens is 360 g/mol. The van der Waals surface area contributed by atoms with Crippen LogP contribution in [0, 0.1) is 0 Å². The summed E-state index contributed by atoms with van der Waals surface area (Å²) in [4.78, 5) is 9.29. The molecule has 0 bridgehead atoms. The number of imidazole rings is 1. The number of aromatic nitrogens is 2. The topological polar surface area (TPSA) is 44.5 Å². The summed E-state index contributed by atoms with van der Waals surface area (Å²) in [6, 6.07) is 18.9. The van der Waals surface area contributed by atoms with Crippen LogP contribution in [0.25, 0.3) is 0 Å². The number of nitrogens with zero attached hydrogens (tertiary/aromatic N) is 4. The van der Waals surface area contributed by atoms with E-state index in [-0.39, 0.29) is 0 Å². The van der Waals surface area contributed by atoms with Crippen LogP contribution in [0.1, 0.15) is 29.5 Å². The van der Waals surface area contributed by atoms with Gasteiger partial charge in [0.15, 0.2) is 0 Å². The van der Waals surface area contributed by atoms with Crippen LogP contribution in [0.3, 0.4) is 0 Å². The van der Waals surface area contributed by atoms with Crippen molar-refractivity contribution in [1.29, 1.82) is 0 Å². The molecule has 5 nitrogen and oxygen atoms in total. The van der Waals surface area contributed by atoms with Crippen molar-refractivity contribution in [2.75, 3.05) is 37.6 Å². The molecule has 1 aromatic heterocycles. The van der Waals surface area contributed by atoms with E-state index in [9.17, 15) is 5.11 Å². The average molecular weight is 391 g/mol. The fourth-order valence-electron chi connectivity index (χ4n) is 4.15. The van der Waals surface area contributed by atoms with Gasteiger partial charge in [0.1, 0.15) is 11.9 Å². The van der Waals surface area contributed by atoms with Gasteiger partial charge in [-0.1, -0.05) is 48.5 Å². The zero-order chi connectivity index (χ0) is 20.1. The lowest BCUT2D eigenvalue weighted by molar-refractivity contribution is 0.205. The molecule has 0 aliphatic carbocycles. The Balaban J connectivity index is 1.35. The molecular formula is C24H30N4O. The van der Waals surface area contributed by atoms with E-state index < -0.39 is 6.10 Å². The average Bonchev–Trinajstić information content (AvgIpc) is 3.20. The Morgan fingerprint density at radius 1 is 0.966 bits per heavy atom. The number of piperazine rings is 1. The van der Waals surface area contributed by atoms with E-state index in [0.717, 1.165) is 50.4 Å². The number of para-hydroxylation sites is 1. The van der Waals surface area contributed by atoms with E-state index in [4.69, 9.17) is 0 Å². The van der Waals surface area contributed by atoms with Crippen molar-refractivity contribution < 1.29 is 5.11 Å². The van der Waals surface area contributed by atoms with Gasteiger partial charge in [0.2, 0.25) is 0 Å². The molecule has 1 unspecified atom stereocenters.